The van der Waals surface area contributed by atoms with E-state index in [0.29, 0.717) is 25.7 Å². The molecule has 1 unspecified atom stereocenters. The molecule has 0 aromatic carbocycles. The Bertz CT molecular complexity index is 168. The minimum Gasteiger partial charge on any atom is -0.480 e. The van der Waals surface area contributed by atoms with Crippen LogP contribution in [0.15, 0.2) is 0 Å². The fourth-order valence-electron chi connectivity index (χ4n) is 1.32. The third kappa shape index (κ3) is 3.74. The van der Waals surface area contributed by atoms with Gasteiger partial charge in [-0.2, -0.15) is 0 Å². The largest absolute Gasteiger partial charge is 0.480 e. The van der Waals surface area contributed by atoms with Gasteiger partial charge in [-0.15, -0.1) is 0 Å². The molecule has 0 amide bonds. The van der Waals surface area contributed by atoms with Crippen LogP contribution in [0.1, 0.15) is 19.8 Å². The molecule has 1 aliphatic carbocycles. The standard InChI is InChI=1S/C9H17NO3/c1-2-13-6-5-10-8(9(11)12)7-3-4-7/h7-8,10H,2-6H2,1H3,(H,11,12). The first kappa shape index (κ1) is 10.5. The Morgan fingerprint density at radius 1 is 1.69 bits per heavy atom. The third-order valence-electron chi connectivity index (χ3n) is 2.17. The van der Waals surface area contributed by atoms with Crippen LogP contribution in [0.3, 0.4) is 0 Å². The SMILES string of the molecule is CCOCCNC(C(=O)O)C1CC1. The van der Waals surface area contributed by atoms with E-state index in [0.717, 1.165) is 12.8 Å². The Hall–Kier alpha value is -0.610. The first-order valence-electron chi connectivity index (χ1n) is 4.79. The van der Waals surface area contributed by atoms with Gasteiger partial charge in [0.1, 0.15) is 6.04 Å². The molecule has 0 radical (unpaired) electrons. The van der Waals surface area contributed by atoms with Crippen LogP contribution >= 0.6 is 0 Å². The fraction of sp³-hybridized carbons (Fsp3) is 0.889. The van der Waals surface area contributed by atoms with Gasteiger partial charge in [0.05, 0.1) is 6.61 Å². The van der Waals surface area contributed by atoms with E-state index in [2.05, 4.69) is 5.32 Å². The number of hydrogen-bond acceptors (Lipinski definition) is 3. The van der Waals surface area contributed by atoms with E-state index in [1.54, 1.807) is 0 Å². The molecule has 1 rings (SSSR count). The van der Waals surface area contributed by atoms with Gasteiger partial charge in [0.25, 0.3) is 0 Å². The second-order valence-electron chi connectivity index (χ2n) is 3.30. The molecule has 1 saturated carbocycles. The monoisotopic (exact) mass is 187 g/mol. The molecule has 1 fully saturated rings. The van der Waals surface area contributed by atoms with Gasteiger partial charge in [0.15, 0.2) is 0 Å². The second kappa shape index (κ2) is 5.19. The Kier molecular flexibility index (Phi) is 4.18. The van der Waals surface area contributed by atoms with E-state index in [1.165, 1.54) is 0 Å². The Balaban J connectivity index is 2.11. The van der Waals surface area contributed by atoms with Gasteiger partial charge in [-0.25, -0.2) is 0 Å². The maximum Gasteiger partial charge on any atom is 0.320 e. The maximum atomic E-state index is 10.7. The number of ether oxygens (including phenoxy) is 1. The van der Waals surface area contributed by atoms with Gasteiger partial charge in [0.2, 0.25) is 0 Å². The normalized spacial score (nSPS) is 18.5. The lowest BCUT2D eigenvalue weighted by Gasteiger charge is -2.12. The average molecular weight is 187 g/mol. The van der Waals surface area contributed by atoms with Gasteiger partial charge in [0, 0.05) is 13.2 Å². The summed E-state index contributed by atoms with van der Waals surface area (Å²) >= 11 is 0. The van der Waals surface area contributed by atoms with Crippen molar-refractivity contribution in [3.63, 3.8) is 0 Å². The lowest BCUT2D eigenvalue weighted by Crippen LogP contribution is -2.40. The summed E-state index contributed by atoms with van der Waals surface area (Å²) < 4.78 is 5.11. The quantitative estimate of drug-likeness (QED) is 0.569. The molecule has 0 aromatic rings. The van der Waals surface area contributed by atoms with E-state index in [1.807, 2.05) is 6.92 Å². The van der Waals surface area contributed by atoms with Crippen molar-refractivity contribution in [1.82, 2.24) is 5.32 Å². The molecule has 2 N–H and O–H groups in total. The molecule has 76 valence electrons. The summed E-state index contributed by atoms with van der Waals surface area (Å²) in [5.41, 5.74) is 0. The van der Waals surface area contributed by atoms with Crippen molar-refractivity contribution in [3.05, 3.63) is 0 Å². The van der Waals surface area contributed by atoms with E-state index in [-0.39, 0.29) is 6.04 Å². The van der Waals surface area contributed by atoms with Crippen molar-refractivity contribution in [2.24, 2.45) is 5.92 Å². The zero-order valence-corrected chi connectivity index (χ0v) is 7.95. The fourth-order valence-corrected chi connectivity index (χ4v) is 1.32. The number of carbonyl (C=O) groups is 1. The van der Waals surface area contributed by atoms with Crippen LogP contribution in [0.25, 0.3) is 0 Å². The first-order valence-corrected chi connectivity index (χ1v) is 4.79. The van der Waals surface area contributed by atoms with Crippen LogP contribution in [-0.2, 0) is 9.53 Å². The molecular formula is C9H17NO3. The number of nitrogens with one attached hydrogen (secondary N) is 1. The highest BCUT2D eigenvalue weighted by Gasteiger charge is 2.35. The van der Waals surface area contributed by atoms with Crippen LogP contribution in [0.2, 0.25) is 0 Å². The summed E-state index contributed by atoms with van der Waals surface area (Å²) in [7, 11) is 0. The molecule has 0 bridgehead atoms. The van der Waals surface area contributed by atoms with Crippen LogP contribution in [0, 0.1) is 5.92 Å². The number of aliphatic carboxylic acids is 1. The number of rotatable bonds is 7. The van der Waals surface area contributed by atoms with Crippen molar-refractivity contribution < 1.29 is 14.6 Å². The van der Waals surface area contributed by atoms with Crippen LogP contribution in [0.4, 0.5) is 0 Å². The Morgan fingerprint density at radius 2 is 2.38 bits per heavy atom. The molecule has 13 heavy (non-hydrogen) atoms. The summed E-state index contributed by atoms with van der Waals surface area (Å²) in [5.74, 6) is -0.391. The molecule has 4 heteroatoms. The summed E-state index contributed by atoms with van der Waals surface area (Å²) in [4.78, 5) is 10.7. The molecule has 0 aromatic heterocycles. The van der Waals surface area contributed by atoms with E-state index in [9.17, 15) is 4.79 Å². The third-order valence-corrected chi connectivity index (χ3v) is 2.17. The van der Waals surface area contributed by atoms with E-state index < -0.39 is 5.97 Å². The minimum absolute atomic E-state index is 0.346. The minimum atomic E-state index is -0.737. The predicted molar refractivity (Wildman–Crippen MR) is 48.6 cm³/mol. The highest BCUT2D eigenvalue weighted by molar-refractivity contribution is 5.74. The zero-order chi connectivity index (χ0) is 9.68. The van der Waals surface area contributed by atoms with Crippen molar-refractivity contribution in [1.29, 1.82) is 0 Å². The summed E-state index contributed by atoms with van der Waals surface area (Å²) in [5, 5.41) is 11.8. The molecular weight excluding hydrogens is 170 g/mol. The summed E-state index contributed by atoms with van der Waals surface area (Å²) in [6, 6.07) is -0.361. The van der Waals surface area contributed by atoms with Gasteiger partial charge in [-0.05, 0) is 25.7 Å². The summed E-state index contributed by atoms with van der Waals surface area (Å²) in [6.07, 6.45) is 2.08. The maximum absolute atomic E-state index is 10.7. The van der Waals surface area contributed by atoms with E-state index in [4.69, 9.17) is 9.84 Å². The Labute approximate surface area is 78.3 Å². The Morgan fingerprint density at radius 3 is 2.85 bits per heavy atom. The number of hydrogen-bond donors (Lipinski definition) is 2. The van der Waals surface area contributed by atoms with Gasteiger partial charge >= 0.3 is 5.97 Å². The highest BCUT2D eigenvalue weighted by Crippen LogP contribution is 2.32. The lowest BCUT2D eigenvalue weighted by atomic mass is 10.2. The van der Waals surface area contributed by atoms with Gasteiger partial charge in [-0.1, -0.05) is 0 Å². The summed E-state index contributed by atoms with van der Waals surface area (Å²) in [6.45, 7) is 3.83. The van der Waals surface area contributed by atoms with Crippen molar-refractivity contribution in [2.75, 3.05) is 19.8 Å². The van der Waals surface area contributed by atoms with Crippen molar-refractivity contribution in [3.8, 4) is 0 Å². The molecule has 0 spiro atoms. The second-order valence-corrected chi connectivity index (χ2v) is 3.30. The van der Waals surface area contributed by atoms with Gasteiger partial charge in [-0.3, -0.25) is 4.79 Å². The van der Waals surface area contributed by atoms with Crippen LogP contribution in [-0.4, -0.2) is 36.9 Å². The van der Waals surface area contributed by atoms with Crippen molar-refractivity contribution >= 4 is 5.97 Å². The molecule has 0 aliphatic heterocycles. The zero-order valence-electron chi connectivity index (χ0n) is 7.95. The lowest BCUT2D eigenvalue weighted by molar-refractivity contribution is -0.140. The molecule has 4 nitrogen and oxygen atoms in total. The number of carboxylic acids is 1. The van der Waals surface area contributed by atoms with Crippen molar-refractivity contribution in [2.45, 2.75) is 25.8 Å². The molecule has 1 aliphatic rings. The van der Waals surface area contributed by atoms with Crippen LogP contribution in [0.5, 0.6) is 0 Å². The predicted octanol–water partition coefficient (Wildman–Crippen LogP) is 0.476. The molecule has 0 saturated heterocycles. The average Bonchev–Trinajstić information content (AvgIpc) is 2.87. The number of carboxylic acid groups (broad SMARTS) is 1. The smallest absolute Gasteiger partial charge is 0.320 e. The highest BCUT2D eigenvalue weighted by atomic mass is 16.5. The molecule has 1 atom stereocenters. The first-order chi connectivity index (χ1) is 6.25. The van der Waals surface area contributed by atoms with Crippen LogP contribution < -0.4 is 5.32 Å². The topological polar surface area (TPSA) is 58.6 Å². The van der Waals surface area contributed by atoms with Gasteiger partial charge < -0.3 is 15.2 Å². The van der Waals surface area contributed by atoms with E-state index >= 15 is 0 Å². The molecule has 0 heterocycles.